The molecule has 0 unspecified atom stereocenters. The molecule has 0 aliphatic heterocycles. The summed E-state index contributed by atoms with van der Waals surface area (Å²) in [6, 6.07) is 3.08. The zero-order chi connectivity index (χ0) is 28.2. The van der Waals surface area contributed by atoms with Crippen LogP contribution in [-0.4, -0.2) is 51.7 Å². The molecule has 0 fully saturated rings. The summed E-state index contributed by atoms with van der Waals surface area (Å²) >= 11 is 0. The summed E-state index contributed by atoms with van der Waals surface area (Å²) < 4.78 is 161. The monoisotopic (exact) mass is 564 g/mol. The van der Waals surface area contributed by atoms with Crippen LogP contribution in [0.15, 0.2) is 41.7 Å². The molecule has 0 bridgehead atoms. The Morgan fingerprint density at radius 1 is 0.892 bits per heavy atom. The summed E-state index contributed by atoms with van der Waals surface area (Å²) in [6.07, 6.45) is -5.10. The molecule has 0 saturated carbocycles. The number of aromatic nitrogens is 4. The fourth-order valence-corrected chi connectivity index (χ4v) is 4.25. The van der Waals surface area contributed by atoms with Crippen LogP contribution in [-0.2, 0) is 22.8 Å². The van der Waals surface area contributed by atoms with E-state index in [4.69, 9.17) is 0 Å². The van der Waals surface area contributed by atoms with Gasteiger partial charge in [0, 0.05) is 25.0 Å². The molecule has 17 heteroatoms. The Labute approximate surface area is 201 Å². The van der Waals surface area contributed by atoms with Crippen LogP contribution >= 0.6 is 0 Å². The van der Waals surface area contributed by atoms with Crippen molar-refractivity contribution in [3.8, 4) is 22.8 Å². The number of sulfone groups is 1. The van der Waals surface area contributed by atoms with Gasteiger partial charge in [0.15, 0.2) is 15.7 Å². The van der Waals surface area contributed by atoms with Crippen LogP contribution in [0.1, 0.15) is 12.6 Å². The van der Waals surface area contributed by atoms with E-state index in [2.05, 4.69) is 15.0 Å². The van der Waals surface area contributed by atoms with E-state index in [9.17, 15) is 52.3 Å². The van der Waals surface area contributed by atoms with Crippen molar-refractivity contribution in [2.75, 3.05) is 5.75 Å². The van der Waals surface area contributed by atoms with Gasteiger partial charge in [-0.15, -0.1) is 0 Å². The van der Waals surface area contributed by atoms with Crippen molar-refractivity contribution in [1.82, 2.24) is 19.5 Å². The van der Waals surface area contributed by atoms with Crippen molar-refractivity contribution in [2.45, 2.75) is 35.8 Å². The third kappa shape index (κ3) is 4.42. The zero-order valence-electron chi connectivity index (χ0n) is 18.5. The number of pyridine rings is 2. The lowest BCUT2D eigenvalue weighted by atomic mass is 10.0. The third-order valence-corrected chi connectivity index (χ3v) is 7.01. The molecule has 3 aromatic heterocycles. The molecule has 0 spiro atoms. The van der Waals surface area contributed by atoms with E-state index in [-0.39, 0.29) is 22.0 Å². The molecule has 0 atom stereocenters. The predicted molar refractivity (Wildman–Crippen MR) is 107 cm³/mol. The standard InChI is InChI=1S/C20H14F10N4O2S/c1-3-37(35,36)12-7-10(14-11(21)5-4-6-31-14)8-32-15(12)16-33-9-13(34(16)2)17(22,23)18(24,25)19(26,27)20(28,29)30/h4-9H,3H2,1-2H3. The molecule has 0 N–H and O–H groups in total. The van der Waals surface area contributed by atoms with E-state index in [1.165, 1.54) is 19.2 Å². The first-order chi connectivity index (χ1) is 16.8. The van der Waals surface area contributed by atoms with Crippen molar-refractivity contribution in [3.05, 3.63) is 48.3 Å². The maximum atomic E-state index is 14.5. The first kappa shape index (κ1) is 28.3. The van der Waals surface area contributed by atoms with E-state index < -0.39 is 67.5 Å². The number of halogens is 10. The Morgan fingerprint density at radius 3 is 2.05 bits per heavy atom. The number of alkyl halides is 9. The highest BCUT2D eigenvalue weighted by Crippen LogP contribution is 2.56. The minimum absolute atomic E-state index is 0.0123. The van der Waals surface area contributed by atoms with Gasteiger partial charge in [-0.25, -0.2) is 17.8 Å². The molecule has 6 nitrogen and oxygen atoms in total. The van der Waals surface area contributed by atoms with Gasteiger partial charge in [-0.2, -0.15) is 39.5 Å². The number of nitrogens with zero attached hydrogens (tertiary/aromatic N) is 4. The van der Waals surface area contributed by atoms with Crippen molar-refractivity contribution in [1.29, 1.82) is 0 Å². The van der Waals surface area contributed by atoms with Crippen LogP contribution in [0.3, 0.4) is 0 Å². The van der Waals surface area contributed by atoms with Crippen LogP contribution in [0.5, 0.6) is 0 Å². The Morgan fingerprint density at radius 2 is 1.51 bits per heavy atom. The number of hydrogen-bond donors (Lipinski definition) is 0. The van der Waals surface area contributed by atoms with Crippen LogP contribution in [0.25, 0.3) is 22.8 Å². The van der Waals surface area contributed by atoms with Gasteiger partial charge in [-0.3, -0.25) is 9.97 Å². The molecule has 0 aromatic carbocycles. The van der Waals surface area contributed by atoms with Gasteiger partial charge in [0.05, 0.1) is 16.8 Å². The van der Waals surface area contributed by atoms with E-state index in [0.29, 0.717) is 7.05 Å². The van der Waals surface area contributed by atoms with Crippen LogP contribution in [0.4, 0.5) is 43.9 Å². The van der Waals surface area contributed by atoms with E-state index in [0.717, 1.165) is 18.3 Å². The Hall–Kier alpha value is -3.24. The van der Waals surface area contributed by atoms with Crippen molar-refractivity contribution in [2.24, 2.45) is 7.05 Å². The second-order valence-electron chi connectivity index (χ2n) is 7.55. The Balaban J connectivity index is 2.23. The fourth-order valence-electron chi connectivity index (χ4n) is 3.19. The average molecular weight is 564 g/mol. The highest BCUT2D eigenvalue weighted by atomic mass is 32.2. The highest BCUT2D eigenvalue weighted by molar-refractivity contribution is 7.91. The van der Waals surface area contributed by atoms with Gasteiger partial charge < -0.3 is 4.57 Å². The fraction of sp³-hybridized carbons (Fsp3) is 0.350. The first-order valence-electron chi connectivity index (χ1n) is 9.87. The maximum Gasteiger partial charge on any atom is 0.460 e. The van der Waals surface area contributed by atoms with Crippen molar-refractivity contribution >= 4 is 9.84 Å². The molecule has 202 valence electrons. The molecular formula is C20H14F10N4O2S. The molecular weight excluding hydrogens is 550 g/mol. The van der Waals surface area contributed by atoms with Crippen molar-refractivity contribution < 1.29 is 52.3 Å². The van der Waals surface area contributed by atoms with Gasteiger partial charge in [-0.05, 0) is 18.2 Å². The summed E-state index contributed by atoms with van der Waals surface area (Å²) in [7, 11) is -3.75. The SMILES string of the molecule is CCS(=O)(=O)c1cc(-c2ncccc2F)cnc1-c1ncc(C(F)(F)C(F)(F)C(F)(F)C(F)(F)F)n1C. The smallest absolute Gasteiger partial charge is 0.325 e. The van der Waals surface area contributed by atoms with Crippen LogP contribution < -0.4 is 0 Å². The lowest BCUT2D eigenvalue weighted by molar-refractivity contribution is -0.400. The third-order valence-electron chi connectivity index (χ3n) is 5.27. The summed E-state index contributed by atoms with van der Waals surface area (Å²) in [6.45, 7) is 1.17. The second kappa shape index (κ2) is 8.95. The van der Waals surface area contributed by atoms with E-state index >= 15 is 0 Å². The average Bonchev–Trinajstić information content (AvgIpc) is 3.19. The normalized spacial score (nSPS) is 13.7. The van der Waals surface area contributed by atoms with Crippen LogP contribution in [0.2, 0.25) is 0 Å². The molecule has 0 aliphatic rings. The lowest BCUT2D eigenvalue weighted by Gasteiger charge is -2.33. The summed E-state index contributed by atoms with van der Waals surface area (Å²) in [5.74, 6) is -22.6. The van der Waals surface area contributed by atoms with Gasteiger partial charge in [0.1, 0.15) is 22.9 Å². The first-order valence-corrected chi connectivity index (χ1v) is 11.5. The summed E-state index contributed by atoms with van der Waals surface area (Å²) in [5.41, 5.74) is -3.37. The lowest BCUT2D eigenvalue weighted by Crippen LogP contribution is -2.59. The Bertz CT molecular complexity index is 1440. The molecule has 0 aliphatic carbocycles. The number of rotatable bonds is 7. The molecule has 3 rings (SSSR count). The Kier molecular flexibility index (Phi) is 6.85. The topological polar surface area (TPSA) is 77.7 Å². The molecule has 37 heavy (non-hydrogen) atoms. The summed E-state index contributed by atoms with van der Waals surface area (Å²) in [5, 5.41) is 0. The van der Waals surface area contributed by atoms with Crippen LogP contribution in [0, 0.1) is 5.82 Å². The van der Waals surface area contributed by atoms with Gasteiger partial charge in [0.2, 0.25) is 0 Å². The van der Waals surface area contributed by atoms with E-state index in [1.807, 2.05) is 0 Å². The largest absolute Gasteiger partial charge is 0.460 e. The van der Waals surface area contributed by atoms with E-state index in [1.54, 1.807) is 0 Å². The predicted octanol–water partition coefficient (Wildman–Crippen LogP) is 5.40. The van der Waals surface area contributed by atoms with Gasteiger partial charge in [-0.1, -0.05) is 6.92 Å². The maximum absolute atomic E-state index is 14.5. The highest BCUT2D eigenvalue weighted by Gasteiger charge is 2.82. The molecule has 3 heterocycles. The molecule has 3 aromatic rings. The quantitative estimate of drug-likeness (QED) is 0.359. The zero-order valence-corrected chi connectivity index (χ0v) is 19.3. The number of hydrogen-bond acceptors (Lipinski definition) is 5. The summed E-state index contributed by atoms with van der Waals surface area (Å²) in [4.78, 5) is 10.1. The van der Waals surface area contributed by atoms with Crippen molar-refractivity contribution in [3.63, 3.8) is 0 Å². The van der Waals surface area contributed by atoms with Gasteiger partial charge >= 0.3 is 23.9 Å². The molecule has 0 radical (unpaired) electrons. The molecule has 0 saturated heterocycles. The number of imidazole rings is 1. The minimum Gasteiger partial charge on any atom is -0.325 e. The second-order valence-corrected chi connectivity index (χ2v) is 9.80. The molecule has 0 amide bonds. The van der Waals surface area contributed by atoms with Gasteiger partial charge in [0.25, 0.3) is 0 Å². The minimum atomic E-state index is -7.14.